The zero-order valence-electron chi connectivity index (χ0n) is 18.9. The number of amides is 2. The minimum atomic E-state index is -3.55. The molecule has 0 saturated carbocycles. The van der Waals surface area contributed by atoms with Gasteiger partial charge in [-0.05, 0) is 48.7 Å². The van der Waals surface area contributed by atoms with Gasteiger partial charge in [0.1, 0.15) is 5.76 Å². The van der Waals surface area contributed by atoms with Crippen molar-refractivity contribution >= 4 is 39.1 Å². The summed E-state index contributed by atoms with van der Waals surface area (Å²) in [6.45, 7) is 0.724. The molecule has 0 atom stereocenters. The summed E-state index contributed by atoms with van der Waals surface area (Å²) in [5.74, 6) is -0.487. The molecule has 35 heavy (non-hydrogen) atoms. The van der Waals surface area contributed by atoms with E-state index in [1.807, 2.05) is 0 Å². The van der Waals surface area contributed by atoms with Gasteiger partial charge in [-0.1, -0.05) is 41.9 Å². The van der Waals surface area contributed by atoms with Crippen LogP contribution in [0.1, 0.15) is 34.5 Å². The van der Waals surface area contributed by atoms with Crippen LogP contribution in [-0.4, -0.2) is 37.6 Å². The second-order valence-electron chi connectivity index (χ2n) is 8.32. The summed E-state index contributed by atoms with van der Waals surface area (Å²) in [5.41, 5.74) is 1.30. The molecule has 0 aliphatic carbocycles. The highest BCUT2D eigenvalue weighted by atomic mass is 35.5. The molecule has 2 aromatic carbocycles. The summed E-state index contributed by atoms with van der Waals surface area (Å²) in [6.07, 6.45) is 2.31. The molecule has 0 unspecified atom stereocenters. The predicted octanol–water partition coefficient (Wildman–Crippen LogP) is 4.04. The minimum absolute atomic E-state index is 0.177. The number of carbonyl (C=O) groups is 2. The van der Waals surface area contributed by atoms with E-state index in [-0.39, 0.29) is 43.1 Å². The number of hydrogen-bond acceptors (Lipinski definition) is 5. The van der Waals surface area contributed by atoms with Gasteiger partial charge >= 0.3 is 0 Å². The molecular formula is C25H26ClN3O5S. The van der Waals surface area contributed by atoms with Crippen LogP contribution in [0.2, 0.25) is 5.02 Å². The maximum Gasteiger partial charge on any atom is 0.253 e. The lowest BCUT2D eigenvalue weighted by Gasteiger charge is -2.30. The van der Waals surface area contributed by atoms with Gasteiger partial charge in [0.25, 0.3) is 5.91 Å². The molecule has 2 heterocycles. The van der Waals surface area contributed by atoms with Crippen LogP contribution < -0.4 is 10.6 Å². The maximum absolute atomic E-state index is 12.9. The molecule has 1 aromatic heterocycles. The van der Waals surface area contributed by atoms with Crippen molar-refractivity contribution in [1.82, 2.24) is 9.62 Å². The van der Waals surface area contributed by atoms with E-state index in [4.69, 9.17) is 16.0 Å². The fraction of sp³-hybridized carbons (Fsp3) is 0.280. The zero-order valence-corrected chi connectivity index (χ0v) is 20.5. The average Bonchev–Trinajstić information content (AvgIpc) is 3.38. The molecule has 184 valence electrons. The summed E-state index contributed by atoms with van der Waals surface area (Å²) in [7, 11) is -3.55. The van der Waals surface area contributed by atoms with E-state index < -0.39 is 10.0 Å². The Balaban J connectivity index is 1.34. The van der Waals surface area contributed by atoms with E-state index in [0.29, 0.717) is 40.4 Å². The number of anilines is 1. The number of piperidine rings is 1. The second-order valence-corrected chi connectivity index (χ2v) is 10.7. The molecule has 1 aliphatic heterocycles. The summed E-state index contributed by atoms with van der Waals surface area (Å²) in [6, 6.07) is 17.1. The molecule has 1 saturated heterocycles. The lowest BCUT2D eigenvalue weighted by atomic mass is 9.97. The van der Waals surface area contributed by atoms with Crippen molar-refractivity contribution in [1.29, 1.82) is 0 Å². The SMILES string of the molecule is O=C(NCc1ccco1)c1ccccc1NC(=O)C1CCN(S(=O)(=O)Cc2ccccc2Cl)CC1. The highest BCUT2D eigenvalue weighted by Crippen LogP contribution is 2.26. The number of sulfonamides is 1. The van der Waals surface area contributed by atoms with E-state index >= 15 is 0 Å². The Morgan fingerprint density at radius 3 is 2.43 bits per heavy atom. The van der Waals surface area contributed by atoms with Crippen molar-refractivity contribution in [3.8, 4) is 0 Å². The Hall–Kier alpha value is -3.14. The van der Waals surface area contributed by atoms with Gasteiger partial charge in [0.2, 0.25) is 15.9 Å². The summed E-state index contributed by atoms with van der Waals surface area (Å²) >= 11 is 6.12. The van der Waals surface area contributed by atoms with Crippen LogP contribution >= 0.6 is 11.6 Å². The van der Waals surface area contributed by atoms with Gasteiger partial charge in [0, 0.05) is 24.0 Å². The molecule has 8 nitrogen and oxygen atoms in total. The predicted molar refractivity (Wildman–Crippen MR) is 133 cm³/mol. The number of benzene rings is 2. The number of halogens is 1. The third-order valence-electron chi connectivity index (χ3n) is 5.95. The highest BCUT2D eigenvalue weighted by Gasteiger charge is 2.32. The average molecular weight is 516 g/mol. The van der Waals surface area contributed by atoms with Gasteiger partial charge in [-0.3, -0.25) is 9.59 Å². The van der Waals surface area contributed by atoms with Crippen molar-refractivity contribution in [3.05, 3.63) is 88.8 Å². The first-order valence-corrected chi connectivity index (χ1v) is 13.2. The monoisotopic (exact) mass is 515 g/mol. The normalized spacial score (nSPS) is 15.0. The van der Waals surface area contributed by atoms with Crippen LogP contribution in [0.25, 0.3) is 0 Å². The number of nitrogens with one attached hydrogen (secondary N) is 2. The van der Waals surface area contributed by atoms with Crippen LogP contribution in [-0.2, 0) is 27.1 Å². The third-order valence-corrected chi connectivity index (χ3v) is 8.14. The molecule has 2 N–H and O–H groups in total. The van der Waals surface area contributed by atoms with Gasteiger partial charge in [-0.15, -0.1) is 0 Å². The fourth-order valence-corrected chi connectivity index (χ4v) is 5.88. The van der Waals surface area contributed by atoms with Crippen molar-refractivity contribution in [3.63, 3.8) is 0 Å². The van der Waals surface area contributed by atoms with Crippen LogP contribution in [0.15, 0.2) is 71.3 Å². The molecule has 0 bridgehead atoms. The van der Waals surface area contributed by atoms with Gasteiger partial charge in [0.05, 0.1) is 29.8 Å². The smallest absolute Gasteiger partial charge is 0.253 e. The van der Waals surface area contributed by atoms with Gasteiger partial charge < -0.3 is 15.1 Å². The van der Waals surface area contributed by atoms with E-state index in [2.05, 4.69) is 10.6 Å². The highest BCUT2D eigenvalue weighted by molar-refractivity contribution is 7.88. The summed E-state index contributed by atoms with van der Waals surface area (Å²) in [4.78, 5) is 25.6. The van der Waals surface area contributed by atoms with E-state index in [0.717, 1.165) is 0 Å². The van der Waals surface area contributed by atoms with Crippen LogP contribution in [0, 0.1) is 5.92 Å². The molecule has 1 aliphatic rings. The van der Waals surface area contributed by atoms with Crippen LogP contribution in [0.4, 0.5) is 5.69 Å². The van der Waals surface area contributed by atoms with Crippen molar-refractivity contribution in [2.45, 2.75) is 25.1 Å². The Kier molecular flexibility index (Phi) is 7.90. The number of nitrogens with zero attached hydrogens (tertiary/aromatic N) is 1. The Bertz CT molecular complexity index is 1290. The quantitative estimate of drug-likeness (QED) is 0.470. The first kappa shape index (κ1) is 25.0. The number of rotatable bonds is 8. The topological polar surface area (TPSA) is 109 Å². The maximum atomic E-state index is 12.9. The fourth-order valence-electron chi connectivity index (χ4n) is 4.00. The molecular weight excluding hydrogens is 490 g/mol. The van der Waals surface area contributed by atoms with Gasteiger partial charge in [-0.2, -0.15) is 0 Å². The Morgan fingerprint density at radius 1 is 1.00 bits per heavy atom. The molecule has 1 fully saturated rings. The zero-order chi connectivity index (χ0) is 24.8. The van der Waals surface area contributed by atoms with Crippen molar-refractivity contribution in [2.75, 3.05) is 18.4 Å². The summed E-state index contributed by atoms with van der Waals surface area (Å²) < 4.78 is 32.4. The lowest BCUT2D eigenvalue weighted by molar-refractivity contribution is -0.120. The van der Waals surface area contributed by atoms with E-state index in [9.17, 15) is 18.0 Å². The lowest BCUT2D eigenvalue weighted by Crippen LogP contribution is -2.42. The van der Waals surface area contributed by atoms with Gasteiger partial charge in [0.15, 0.2) is 0 Å². The van der Waals surface area contributed by atoms with Crippen molar-refractivity contribution < 1.29 is 22.4 Å². The molecule has 3 aromatic rings. The first-order valence-electron chi connectivity index (χ1n) is 11.2. The molecule has 0 spiro atoms. The minimum Gasteiger partial charge on any atom is -0.467 e. The Labute approximate surface area is 209 Å². The van der Waals surface area contributed by atoms with Crippen LogP contribution in [0.5, 0.6) is 0 Å². The number of furan rings is 1. The molecule has 2 amide bonds. The summed E-state index contributed by atoms with van der Waals surface area (Å²) in [5, 5.41) is 6.03. The van der Waals surface area contributed by atoms with E-state index in [1.165, 1.54) is 10.6 Å². The Morgan fingerprint density at radius 2 is 1.71 bits per heavy atom. The first-order chi connectivity index (χ1) is 16.8. The number of hydrogen-bond donors (Lipinski definition) is 2. The standard InChI is InChI=1S/C25H26ClN3O5S/c26-22-9-3-1-6-19(22)17-35(32,33)29-13-11-18(12-14-29)24(30)28-23-10-4-2-8-21(23)25(31)27-16-20-7-5-15-34-20/h1-10,15,18H,11-14,16-17H2,(H,27,31)(H,28,30). The second kappa shape index (κ2) is 11.1. The molecule has 10 heteroatoms. The largest absolute Gasteiger partial charge is 0.467 e. The van der Waals surface area contributed by atoms with Gasteiger partial charge in [-0.25, -0.2) is 12.7 Å². The van der Waals surface area contributed by atoms with E-state index in [1.54, 1.807) is 60.7 Å². The number of carbonyl (C=O) groups excluding carboxylic acids is 2. The molecule has 0 radical (unpaired) electrons. The molecule has 4 rings (SSSR count). The van der Waals surface area contributed by atoms with Crippen molar-refractivity contribution in [2.24, 2.45) is 5.92 Å². The number of para-hydroxylation sites is 1. The van der Waals surface area contributed by atoms with Crippen LogP contribution in [0.3, 0.4) is 0 Å². The third kappa shape index (κ3) is 6.30.